The number of ether oxygens (including phenoxy) is 2. The minimum Gasteiger partial charge on any atom is -0.493 e. The van der Waals surface area contributed by atoms with Gasteiger partial charge in [-0.15, -0.1) is 0 Å². The van der Waals surface area contributed by atoms with E-state index < -0.39 is 5.91 Å². The maximum atomic E-state index is 12.5. The Bertz CT molecular complexity index is 879. The number of nitriles is 1. The average Bonchev–Trinajstić information content (AvgIpc) is 2.63. The molecule has 0 bridgehead atoms. The molecule has 0 aliphatic heterocycles. The second-order valence-electron chi connectivity index (χ2n) is 5.79. The zero-order valence-electron chi connectivity index (χ0n) is 15.4. The van der Waals surface area contributed by atoms with Gasteiger partial charge in [-0.1, -0.05) is 18.2 Å². The monoisotopic (exact) mass is 350 g/mol. The van der Waals surface area contributed by atoms with Crippen LogP contribution < -0.4 is 14.8 Å². The smallest absolute Gasteiger partial charge is 0.266 e. The molecule has 2 rings (SSSR count). The summed E-state index contributed by atoms with van der Waals surface area (Å²) in [5, 5.41) is 12.2. The van der Waals surface area contributed by atoms with Crippen LogP contribution in [0.1, 0.15) is 23.6 Å². The molecule has 0 atom stereocenters. The van der Waals surface area contributed by atoms with Crippen molar-refractivity contribution in [2.75, 3.05) is 19.0 Å². The molecule has 0 aromatic heterocycles. The summed E-state index contributed by atoms with van der Waals surface area (Å²) in [5.41, 5.74) is 3.35. The summed E-state index contributed by atoms with van der Waals surface area (Å²) in [6.07, 6.45) is 1.53. The molecule has 1 N–H and O–H groups in total. The van der Waals surface area contributed by atoms with Gasteiger partial charge in [0.25, 0.3) is 5.91 Å². The van der Waals surface area contributed by atoms with Gasteiger partial charge in [0.1, 0.15) is 11.6 Å². The number of methoxy groups -OCH3 is 1. The minimum atomic E-state index is -0.450. The quantitative estimate of drug-likeness (QED) is 0.624. The van der Waals surface area contributed by atoms with Crippen molar-refractivity contribution in [2.24, 2.45) is 0 Å². The van der Waals surface area contributed by atoms with Gasteiger partial charge in [-0.25, -0.2) is 0 Å². The lowest BCUT2D eigenvalue weighted by molar-refractivity contribution is -0.112. The summed E-state index contributed by atoms with van der Waals surface area (Å²) in [5.74, 6) is 0.715. The van der Waals surface area contributed by atoms with Gasteiger partial charge in [0.15, 0.2) is 11.5 Å². The fourth-order valence-corrected chi connectivity index (χ4v) is 2.42. The molecule has 0 unspecified atom stereocenters. The standard InChI is InChI=1S/C21H22N2O3/c1-5-26-19-9-8-16(12-20(19)25-4)11-17(13-22)21(24)23-18-10-14(2)6-7-15(18)3/h6-12H,5H2,1-4H3,(H,23,24). The minimum absolute atomic E-state index is 0.0112. The maximum Gasteiger partial charge on any atom is 0.266 e. The first-order chi connectivity index (χ1) is 12.5. The molecule has 2 aromatic rings. The van der Waals surface area contributed by atoms with Crippen molar-refractivity contribution in [1.29, 1.82) is 5.26 Å². The molecule has 5 heteroatoms. The molecule has 0 radical (unpaired) electrons. The molecule has 0 saturated carbocycles. The molecule has 0 saturated heterocycles. The highest BCUT2D eigenvalue weighted by Crippen LogP contribution is 2.29. The normalized spacial score (nSPS) is 10.8. The highest BCUT2D eigenvalue weighted by atomic mass is 16.5. The molecule has 1 amide bonds. The van der Waals surface area contributed by atoms with E-state index >= 15 is 0 Å². The first kappa shape index (κ1) is 19.1. The van der Waals surface area contributed by atoms with Crippen LogP contribution in [-0.2, 0) is 4.79 Å². The molecule has 134 valence electrons. The van der Waals surface area contributed by atoms with Crippen molar-refractivity contribution >= 4 is 17.7 Å². The number of benzene rings is 2. The van der Waals surface area contributed by atoms with Crippen LogP contribution in [0.5, 0.6) is 11.5 Å². The van der Waals surface area contributed by atoms with Crippen LogP contribution in [0.4, 0.5) is 5.69 Å². The van der Waals surface area contributed by atoms with Crippen molar-refractivity contribution in [3.63, 3.8) is 0 Å². The number of nitrogens with one attached hydrogen (secondary N) is 1. The predicted molar refractivity (Wildman–Crippen MR) is 102 cm³/mol. The van der Waals surface area contributed by atoms with E-state index in [1.807, 2.05) is 45.0 Å². The number of anilines is 1. The number of amides is 1. The highest BCUT2D eigenvalue weighted by molar-refractivity contribution is 6.10. The average molecular weight is 350 g/mol. The van der Waals surface area contributed by atoms with E-state index in [0.717, 1.165) is 11.1 Å². The van der Waals surface area contributed by atoms with E-state index in [1.165, 1.54) is 6.08 Å². The molecule has 26 heavy (non-hydrogen) atoms. The molecule has 2 aromatic carbocycles. The molecular formula is C21H22N2O3. The van der Waals surface area contributed by atoms with E-state index in [2.05, 4.69) is 5.32 Å². The first-order valence-corrected chi connectivity index (χ1v) is 8.29. The van der Waals surface area contributed by atoms with Crippen LogP contribution >= 0.6 is 0 Å². The Morgan fingerprint density at radius 1 is 1.19 bits per heavy atom. The molecule has 0 heterocycles. The fourth-order valence-electron chi connectivity index (χ4n) is 2.42. The predicted octanol–water partition coefficient (Wildman–Crippen LogP) is 4.26. The van der Waals surface area contributed by atoms with Gasteiger partial charge < -0.3 is 14.8 Å². The number of hydrogen-bond acceptors (Lipinski definition) is 4. The first-order valence-electron chi connectivity index (χ1n) is 8.29. The van der Waals surface area contributed by atoms with E-state index in [9.17, 15) is 10.1 Å². The van der Waals surface area contributed by atoms with Crippen LogP contribution in [0.2, 0.25) is 0 Å². The Morgan fingerprint density at radius 2 is 1.96 bits per heavy atom. The summed E-state index contributed by atoms with van der Waals surface area (Å²) in [6, 6.07) is 13.0. The zero-order chi connectivity index (χ0) is 19.1. The second-order valence-corrected chi connectivity index (χ2v) is 5.79. The molecular weight excluding hydrogens is 328 g/mol. The number of carbonyl (C=O) groups is 1. The fraction of sp³-hybridized carbons (Fsp3) is 0.238. The lowest BCUT2D eigenvalue weighted by Gasteiger charge is -2.10. The van der Waals surface area contributed by atoms with E-state index in [4.69, 9.17) is 9.47 Å². The summed E-state index contributed by atoms with van der Waals surface area (Å²) in [4.78, 5) is 12.5. The van der Waals surface area contributed by atoms with Crippen LogP contribution in [0.3, 0.4) is 0 Å². The van der Waals surface area contributed by atoms with Gasteiger partial charge in [0.2, 0.25) is 0 Å². The van der Waals surface area contributed by atoms with Crippen molar-refractivity contribution in [1.82, 2.24) is 0 Å². The van der Waals surface area contributed by atoms with Gasteiger partial charge in [0.05, 0.1) is 13.7 Å². The van der Waals surface area contributed by atoms with Crippen molar-refractivity contribution in [3.05, 3.63) is 58.7 Å². The molecule has 0 aliphatic rings. The Balaban J connectivity index is 2.28. The second kappa shape index (κ2) is 8.72. The van der Waals surface area contributed by atoms with Crippen molar-refractivity contribution in [3.8, 4) is 17.6 Å². The summed E-state index contributed by atoms with van der Waals surface area (Å²) in [7, 11) is 1.55. The van der Waals surface area contributed by atoms with Gasteiger partial charge in [-0.05, 0) is 61.7 Å². The molecule has 0 aliphatic carbocycles. The number of aryl methyl sites for hydroxylation is 2. The third-order valence-corrected chi connectivity index (χ3v) is 3.80. The van der Waals surface area contributed by atoms with Gasteiger partial charge >= 0.3 is 0 Å². The van der Waals surface area contributed by atoms with Crippen molar-refractivity contribution < 1.29 is 14.3 Å². The summed E-state index contributed by atoms with van der Waals surface area (Å²) in [6.45, 7) is 6.26. The molecule has 5 nitrogen and oxygen atoms in total. The third-order valence-electron chi connectivity index (χ3n) is 3.80. The van der Waals surface area contributed by atoms with Gasteiger partial charge in [0, 0.05) is 5.69 Å². The van der Waals surface area contributed by atoms with E-state index in [0.29, 0.717) is 29.4 Å². The highest BCUT2D eigenvalue weighted by Gasteiger charge is 2.12. The number of nitrogens with zero attached hydrogens (tertiary/aromatic N) is 1. The number of hydrogen-bond donors (Lipinski definition) is 1. The summed E-state index contributed by atoms with van der Waals surface area (Å²) < 4.78 is 10.8. The Kier molecular flexibility index (Phi) is 6.40. The SMILES string of the molecule is CCOc1ccc(C=C(C#N)C(=O)Nc2cc(C)ccc2C)cc1OC. The van der Waals surface area contributed by atoms with Gasteiger partial charge in [-0.3, -0.25) is 4.79 Å². The Morgan fingerprint density at radius 3 is 2.62 bits per heavy atom. The zero-order valence-corrected chi connectivity index (χ0v) is 15.4. The Hall–Kier alpha value is -3.26. The van der Waals surface area contributed by atoms with E-state index in [-0.39, 0.29) is 5.57 Å². The topological polar surface area (TPSA) is 71.3 Å². The largest absolute Gasteiger partial charge is 0.493 e. The molecule has 0 spiro atoms. The third kappa shape index (κ3) is 4.64. The Labute approximate surface area is 153 Å². The van der Waals surface area contributed by atoms with Crippen LogP contribution in [0.15, 0.2) is 42.0 Å². The van der Waals surface area contributed by atoms with Gasteiger partial charge in [-0.2, -0.15) is 5.26 Å². The number of carbonyl (C=O) groups excluding carboxylic acids is 1. The van der Waals surface area contributed by atoms with E-state index in [1.54, 1.807) is 25.3 Å². The maximum absolute atomic E-state index is 12.5. The molecule has 0 fully saturated rings. The van der Waals surface area contributed by atoms with Crippen LogP contribution in [0, 0.1) is 25.2 Å². The van der Waals surface area contributed by atoms with Crippen molar-refractivity contribution in [2.45, 2.75) is 20.8 Å². The number of rotatable bonds is 6. The summed E-state index contributed by atoms with van der Waals surface area (Å²) >= 11 is 0. The van der Waals surface area contributed by atoms with Crippen LogP contribution in [-0.4, -0.2) is 19.6 Å². The van der Waals surface area contributed by atoms with Crippen LogP contribution in [0.25, 0.3) is 6.08 Å². The lowest BCUT2D eigenvalue weighted by Crippen LogP contribution is -2.14. The lowest BCUT2D eigenvalue weighted by atomic mass is 10.1.